The van der Waals surface area contributed by atoms with Gasteiger partial charge in [-0.2, -0.15) is 0 Å². The highest BCUT2D eigenvalue weighted by atomic mass is 35.5. The first-order valence-corrected chi connectivity index (χ1v) is 4.93. The molecule has 0 saturated heterocycles. The molecule has 0 saturated carbocycles. The van der Waals surface area contributed by atoms with E-state index in [0.29, 0.717) is 12.1 Å². The molecule has 0 aliphatic rings. The second-order valence-corrected chi connectivity index (χ2v) is 3.29. The number of nitrogens with one attached hydrogen (secondary N) is 1. The molecule has 0 fully saturated rings. The zero-order valence-electron chi connectivity index (χ0n) is 9.04. The molecule has 0 aliphatic carbocycles. The van der Waals surface area contributed by atoms with Crippen LogP contribution in [0.1, 0.15) is 15.9 Å². The molecule has 0 aromatic carbocycles. The van der Waals surface area contributed by atoms with E-state index in [4.69, 9.17) is 0 Å². The first kappa shape index (κ1) is 13.1. The van der Waals surface area contributed by atoms with E-state index in [2.05, 4.69) is 15.3 Å². The third-order valence-corrected chi connectivity index (χ3v) is 2.10. The zero-order chi connectivity index (χ0) is 11.2. The number of pyridine rings is 2. The van der Waals surface area contributed by atoms with Crippen LogP contribution in [0, 0.1) is 0 Å². The molecule has 1 amide bonds. The number of nitrogens with zero attached hydrogens (tertiary/aromatic N) is 2. The highest BCUT2D eigenvalue weighted by Crippen LogP contribution is 1.98. The molecule has 5 heteroatoms. The van der Waals surface area contributed by atoms with E-state index < -0.39 is 0 Å². The second-order valence-electron chi connectivity index (χ2n) is 3.29. The fraction of sp³-hybridized carbons (Fsp3) is 0.0833. The van der Waals surface area contributed by atoms with Crippen LogP contribution in [-0.4, -0.2) is 15.9 Å². The molecule has 2 rings (SSSR count). The molecular formula is C12H12ClN3O. The van der Waals surface area contributed by atoms with Crippen LogP contribution in [-0.2, 0) is 6.54 Å². The lowest BCUT2D eigenvalue weighted by molar-refractivity contribution is 0.0950. The van der Waals surface area contributed by atoms with Gasteiger partial charge in [-0.1, -0.05) is 6.07 Å². The standard InChI is InChI=1S/C12H11N3O.ClH/c16-12(11-4-2-6-14-9-11)15-8-10-3-1-5-13-7-10;/h1-7,9H,8H2,(H,15,16);1H. The lowest BCUT2D eigenvalue weighted by Gasteiger charge is -2.04. The fourth-order valence-electron chi connectivity index (χ4n) is 1.28. The third-order valence-electron chi connectivity index (χ3n) is 2.10. The van der Waals surface area contributed by atoms with Crippen molar-refractivity contribution < 1.29 is 4.79 Å². The van der Waals surface area contributed by atoms with E-state index in [1.165, 1.54) is 0 Å². The van der Waals surface area contributed by atoms with Crippen molar-refractivity contribution in [1.29, 1.82) is 0 Å². The summed E-state index contributed by atoms with van der Waals surface area (Å²) in [6.45, 7) is 0.474. The normalized spacial score (nSPS) is 9.18. The predicted octanol–water partition coefficient (Wildman–Crippen LogP) is 1.83. The molecule has 0 unspecified atom stereocenters. The van der Waals surface area contributed by atoms with Crippen LogP contribution >= 0.6 is 12.4 Å². The monoisotopic (exact) mass is 249 g/mol. The Bertz CT molecular complexity index is 462. The number of halogens is 1. The Morgan fingerprint density at radius 3 is 2.41 bits per heavy atom. The van der Waals surface area contributed by atoms with Gasteiger partial charge in [0, 0.05) is 31.3 Å². The Labute approximate surface area is 106 Å². The van der Waals surface area contributed by atoms with Crippen LogP contribution in [0.3, 0.4) is 0 Å². The summed E-state index contributed by atoms with van der Waals surface area (Å²) in [5.74, 6) is -0.128. The summed E-state index contributed by atoms with van der Waals surface area (Å²) in [6.07, 6.45) is 6.60. The van der Waals surface area contributed by atoms with E-state index in [1.807, 2.05) is 12.1 Å². The summed E-state index contributed by atoms with van der Waals surface area (Å²) < 4.78 is 0. The van der Waals surface area contributed by atoms with Gasteiger partial charge in [-0.25, -0.2) is 0 Å². The number of amides is 1. The van der Waals surface area contributed by atoms with Crippen LogP contribution in [0.15, 0.2) is 49.1 Å². The van der Waals surface area contributed by atoms with Gasteiger partial charge in [0.15, 0.2) is 0 Å². The minimum Gasteiger partial charge on any atom is -0.348 e. The average Bonchev–Trinajstić information content (AvgIpc) is 2.38. The Hall–Kier alpha value is -1.94. The van der Waals surface area contributed by atoms with Crippen LogP contribution in [0.4, 0.5) is 0 Å². The Kier molecular flexibility index (Phi) is 5.10. The third kappa shape index (κ3) is 3.85. The quantitative estimate of drug-likeness (QED) is 0.903. The van der Waals surface area contributed by atoms with Crippen molar-refractivity contribution in [2.75, 3.05) is 0 Å². The highest BCUT2D eigenvalue weighted by molar-refractivity contribution is 5.93. The summed E-state index contributed by atoms with van der Waals surface area (Å²) in [5.41, 5.74) is 1.53. The van der Waals surface area contributed by atoms with Gasteiger partial charge in [-0.05, 0) is 23.8 Å². The van der Waals surface area contributed by atoms with Crippen molar-refractivity contribution in [2.24, 2.45) is 0 Å². The topological polar surface area (TPSA) is 54.9 Å². The number of carbonyl (C=O) groups is 1. The molecule has 0 bridgehead atoms. The van der Waals surface area contributed by atoms with Crippen molar-refractivity contribution in [1.82, 2.24) is 15.3 Å². The molecule has 2 aromatic rings. The second kappa shape index (κ2) is 6.60. The fourth-order valence-corrected chi connectivity index (χ4v) is 1.28. The van der Waals surface area contributed by atoms with Crippen molar-refractivity contribution in [3.8, 4) is 0 Å². The van der Waals surface area contributed by atoms with Gasteiger partial charge in [0.05, 0.1) is 5.56 Å². The largest absolute Gasteiger partial charge is 0.348 e. The van der Waals surface area contributed by atoms with Gasteiger partial charge in [0.2, 0.25) is 0 Å². The van der Waals surface area contributed by atoms with E-state index in [1.54, 1.807) is 36.9 Å². The van der Waals surface area contributed by atoms with Crippen molar-refractivity contribution >= 4 is 18.3 Å². The smallest absolute Gasteiger partial charge is 0.253 e. The highest BCUT2D eigenvalue weighted by Gasteiger charge is 2.03. The molecule has 0 radical (unpaired) electrons. The van der Waals surface area contributed by atoms with Gasteiger partial charge in [0.25, 0.3) is 5.91 Å². The Morgan fingerprint density at radius 1 is 1.12 bits per heavy atom. The molecule has 4 nitrogen and oxygen atoms in total. The number of carbonyl (C=O) groups excluding carboxylic acids is 1. The van der Waals surface area contributed by atoms with Gasteiger partial charge in [-0.15, -0.1) is 12.4 Å². The summed E-state index contributed by atoms with van der Waals surface area (Å²) in [5, 5.41) is 2.80. The van der Waals surface area contributed by atoms with E-state index in [0.717, 1.165) is 5.56 Å². The average molecular weight is 250 g/mol. The molecule has 88 valence electrons. The summed E-state index contributed by atoms with van der Waals surface area (Å²) in [7, 11) is 0. The molecule has 0 atom stereocenters. The van der Waals surface area contributed by atoms with Gasteiger partial charge in [-0.3, -0.25) is 14.8 Å². The maximum absolute atomic E-state index is 11.6. The maximum Gasteiger partial charge on any atom is 0.253 e. The lowest BCUT2D eigenvalue weighted by atomic mass is 10.2. The summed E-state index contributed by atoms with van der Waals surface area (Å²) in [4.78, 5) is 19.5. The molecular weight excluding hydrogens is 238 g/mol. The minimum absolute atomic E-state index is 0. The van der Waals surface area contributed by atoms with E-state index >= 15 is 0 Å². The van der Waals surface area contributed by atoms with Crippen molar-refractivity contribution in [3.05, 3.63) is 60.2 Å². The zero-order valence-corrected chi connectivity index (χ0v) is 9.85. The number of aromatic nitrogens is 2. The van der Waals surface area contributed by atoms with Crippen molar-refractivity contribution in [3.63, 3.8) is 0 Å². The maximum atomic E-state index is 11.6. The summed E-state index contributed by atoms with van der Waals surface area (Å²) in [6, 6.07) is 7.21. The first-order chi connectivity index (χ1) is 7.86. The number of hydrogen-bond acceptors (Lipinski definition) is 3. The molecule has 17 heavy (non-hydrogen) atoms. The molecule has 0 aliphatic heterocycles. The Balaban J connectivity index is 0.00000144. The van der Waals surface area contributed by atoms with E-state index in [-0.39, 0.29) is 18.3 Å². The van der Waals surface area contributed by atoms with Crippen LogP contribution < -0.4 is 5.32 Å². The number of hydrogen-bond donors (Lipinski definition) is 1. The lowest BCUT2D eigenvalue weighted by Crippen LogP contribution is -2.22. The Morgan fingerprint density at radius 2 is 1.82 bits per heavy atom. The summed E-state index contributed by atoms with van der Waals surface area (Å²) >= 11 is 0. The minimum atomic E-state index is -0.128. The SMILES string of the molecule is Cl.O=C(NCc1cccnc1)c1cccnc1. The van der Waals surface area contributed by atoms with Gasteiger partial charge in [0.1, 0.15) is 0 Å². The number of rotatable bonds is 3. The molecule has 1 N–H and O–H groups in total. The van der Waals surface area contributed by atoms with Crippen LogP contribution in [0.5, 0.6) is 0 Å². The van der Waals surface area contributed by atoms with E-state index in [9.17, 15) is 4.79 Å². The van der Waals surface area contributed by atoms with Gasteiger partial charge < -0.3 is 5.32 Å². The molecule has 0 spiro atoms. The molecule has 2 aromatic heterocycles. The van der Waals surface area contributed by atoms with Crippen molar-refractivity contribution in [2.45, 2.75) is 6.54 Å². The van der Waals surface area contributed by atoms with Gasteiger partial charge >= 0.3 is 0 Å². The first-order valence-electron chi connectivity index (χ1n) is 4.93. The molecule has 2 heterocycles. The van der Waals surface area contributed by atoms with Crippen LogP contribution in [0.2, 0.25) is 0 Å². The predicted molar refractivity (Wildman–Crippen MR) is 66.9 cm³/mol. The van der Waals surface area contributed by atoms with Crippen LogP contribution in [0.25, 0.3) is 0 Å².